The number of hydrogen-bond acceptors (Lipinski definition) is 4. The molecule has 0 aliphatic heterocycles. The number of carbonyl (C=O) groups is 1. The van der Waals surface area contributed by atoms with Gasteiger partial charge in [0.2, 0.25) is 5.91 Å². The molecule has 144 valence electrons. The molecule has 6 heteroatoms. The van der Waals surface area contributed by atoms with E-state index in [2.05, 4.69) is 30.6 Å². The first-order valence-corrected chi connectivity index (χ1v) is 10.4. The average Bonchev–Trinajstić information content (AvgIpc) is 3.06. The van der Waals surface area contributed by atoms with Crippen LogP contribution in [-0.4, -0.2) is 27.8 Å². The van der Waals surface area contributed by atoms with Crippen LogP contribution in [-0.2, 0) is 11.3 Å². The van der Waals surface area contributed by atoms with E-state index in [0.29, 0.717) is 5.92 Å². The number of anilines is 1. The molecule has 0 aliphatic rings. The fourth-order valence-electron chi connectivity index (χ4n) is 2.97. The Morgan fingerprint density at radius 1 is 1.18 bits per heavy atom. The lowest BCUT2D eigenvalue weighted by Gasteiger charge is -2.19. The molecule has 3 aromatic rings. The van der Waals surface area contributed by atoms with Crippen molar-refractivity contribution in [1.82, 2.24) is 9.55 Å². The molecule has 0 spiro atoms. The van der Waals surface area contributed by atoms with Crippen molar-refractivity contribution in [2.75, 3.05) is 17.2 Å². The monoisotopic (exact) mass is 392 g/mol. The van der Waals surface area contributed by atoms with E-state index >= 15 is 0 Å². The zero-order valence-corrected chi connectivity index (χ0v) is 17.0. The summed E-state index contributed by atoms with van der Waals surface area (Å²) in [5, 5.41) is 9.97. The maximum atomic E-state index is 12.8. The Bertz CT molecular complexity index is 975. The molecule has 1 amide bonds. The number of aromatic nitrogens is 2. The number of aryl methyl sites for hydroxylation is 1. The summed E-state index contributed by atoms with van der Waals surface area (Å²) in [6.45, 7) is 5.31. The van der Waals surface area contributed by atoms with Gasteiger partial charge in [-0.25, -0.2) is 4.98 Å². The first kappa shape index (κ1) is 20.0. The van der Waals surface area contributed by atoms with E-state index in [-0.39, 0.29) is 18.2 Å². The summed E-state index contributed by atoms with van der Waals surface area (Å²) in [5.74, 6) is 0.728. The Hall–Kier alpha value is -2.78. The minimum absolute atomic E-state index is 0.0349. The molecule has 0 fully saturated rings. The summed E-state index contributed by atoms with van der Waals surface area (Å²) in [7, 11) is 0. The molecule has 0 aliphatic carbocycles. The Balaban J connectivity index is 1.79. The van der Waals surface area contributed by atoms with Crippen LogP contribution in [0.5, 0.6) is 0 Å². The molecule has 5 nitrogen and oxygen atoms in total. The number of imidazole rings is 1. The lowest BCUT2D eigenvalue weighted by Crippen LogP contribution is -2.32. The number of thioether (sulfide) groups is 1. The van der Waals surface area contributed by atoms with Crippen LogP contribution in [0, 0.1) is 17.2 Å². The lowest BCUT2D eigenvalue weighted by molar-refractivity contribution is -0.116. The third-order valence-electron chi connectivity index (χ3n) is 4.47. The summed E-state index contributed by atoms with van der Waals surface area (Å²) in [6.07, 6.45) is 1.05. The normalized spacial score (nSPS) is 10.9. The van der Waals surface area contributed by atoms with E-state index in [1.807, 2.05) is 48.5 Å². The van der Waals surface area contributed by atoms with E-state index < -0.39 is 0 Å². The Morgan fingerprint density at radius 3 is 2.61 bits per heavy atom. The highest BCUT2D eigenvalue weighted by Gasteiger charge is 2.18. The van der Waals surface area contributed by atoms with E-state index in [1.165, 1.54) is 16.7 Å². The summed E-state index contributed by atoms with van der Waals surface area (Å²) in [6, 6.07) is 19.5. The second kappa shape index (κ2) is 9.43. The van der Waals surface area contributed by atoms with Gasteiger partial charge in [-0.2, -0.15) is 5.26 Å². The predicted octanol–water partition coefficient (Wildman–Crippen LogP) is 4.73. The fourth-order valence-corrected chi connectivity index (χ4v) is 3.89. The summed E-state index contributed by atoms with van der Waals surface area (Å²) < 4.78 is 2.20. The predicted molar refractivity (Wildman–Crippen MR) is 114 cm³/mol. The van der Waals surface area contributed by atoms with Gasteiger partial charge in [-0.3, -0.25) is 9.69 Å². The highest BCUT2D eigenvalue weighted by molar-refractivity contribution is 7.99. The topological polar surface area (TPSA) is 61.9 Å². The molecule has 0 bridgehead atoms. The fraction of sp³-hybridized carbons (Fsp3) is 0.318. The SMILES string of the molecule is CC(C)CCn1c(SCC(=O)N(CC#N)c2ccccc2)nc2ccccc21. The summed E-state index contributed by atoms with van der Waals surface area (Å²) in [4.78, 5) is 19.1. The van der Waals surface area contributed by atoms with Crippen LogP contribution in [0.4, 0.5) is 5.69 Å². The first-order chi connectivity index (χ1) is 13.6. The molecule has 1 aromatic heterocycles. The van der Waals surface area contributed by atoms with Crippen LogP contribution in [0.1, 0.15) is 20.3 Å². The van der Waals surface area contributed by atoms with Crippen molar-refractivity contribution in [3.63, 3.8) is 0 Å². The van der Waals surface area contributed by atoms with E-state index in [0.717, 1.165) is 34.8 Å². The van der Waals surface area contributed by atoms with Gasteiger partial charge in [0.05, 0.1) is 22.9 Å². The Morgan fingerprint density at radius 2 is 1.89 bits per heavy atom. The van der Waals surface area contributed by atoms with Crippen molar-refractivity contribution < 1.29 is 4.79 Å². The second-order valence-electron chi connectivity index (χ2n) is 6.98. The quantitative estimate of drug-likeness (QED) is 0.411. The lowest BCUT2D eigenvalue weighted by atomic mass is 10.1. The summed E-state index contributed by atoms with van der Waals surface area (Å²) in [5.41, 5.74) is 2.77. The molecule has 0 saturated heterocycles. The van der Waals surface area contributed by atoms with Gasteiger partial charge in [-0.15, -0.1) is 0 Å². The number of rotatable bonds is 8. The van der Waals surface area contributed by atoms with Gasteiger partial charge < -0.3 is 4.57 Å². The zero-order chi connectivity index (χ0) is 19.9. The van der Waals surface area contributed by atoms with Gasteiger partial charge in [0.15, 0.2) is 5.16 Å². The van der Waals surface area contributed by atoms with Crippen LogP contribution >= 0.6 is 11.8 Å². The maximum Gasteiger partial charge on any atom is 0.238 e. The number of benzene rings is 2. The van der Waals surface area contributed by atoms with Crippen LogP contribution in [0.15, 0.2) is 59.8 Å². The number of nitriles is 1. The molecule has 0 saturated carbocycles. The molecule has 0 atom stereocenters. The molecule has 1 heterocycles. The van der Waals surface area contributed by atoms with Crippen molar-refractivity contribution in [2.24, 2.45) is 5.92 Å². The van der Waals surface area contributed by atoms with Crippen molar-refractivity contribution >= 4 is 34.4 Å². The minimum Gasteiger partial charge on any atom is -0.319 e. The molecular weight excluding hydrogens is 368 g/mol. The van der Waals surface area contributed by atoms with Gasteiger partial charge in [-0.05, 0) is 36.6 Å². The van der Waals surface area contributed by atoms with Crippen molar-refractivity contribution in [1.29, 1.82) is 5.26 Å². The molecule has 0 N–H and O–H groups in total. The van der Waals surface area contributed by atoms with Crippen molar-refractivity contribution in [2.45, 2.75) is 32.0 Å². The second-order valence-corrected chi connectivity index (χ2v) is 7.92. The number of hydrogen-bond donors (Lipinski definition) is 0. The van der Waals surface area contributed by atoms with Gasteiger partial charge in [0.25, 0.3) is 0 Å². The Labute approximate surface area is 170 Å². The number of amides is 1. The number of carbonyl (C=O) groups excluding carboxylic acids is 1. The smallest absolute Gasteiger partial charge is 0.238 e. The molecule has 2 aromatic carbocycles. The van der Waals surface area contributed by atoms with Gasteiger partial charge >= 0.3 is 0 Å². The number of para-hydroxylation sites is 3. The third-order valence-corrected chi connectivity index (χ3v) is 5.43. The highest BCUT2D eigenvalue weighted by atomic mass is 32.2. The van der Waals surface area contributed by atoms with Crippen LogP contribution in [0.3, 0.4) is 0 Å². The average molecular weight is 393 g/mol. The number of fused-ring (bicyclic) bond motifs is 1. The van der Waals surface area contributed by atoms with Crippen LogP contribution < -0.4 is 4.90 Å². The molecule has 28 heavy (non-hydrogen) atoms. The summed E-state index contributed by atoms with van der Waals surface area (Å²) >= 11 is 1.43. The first-order valence-electron chi connectivity index (χ1n) is 9.40. The van der Waals surface area contributed by atoms with Gasteiger partial charge in [0, 0.05) is 12.2 Å². The largest absolute Gasteiger partial charge is 0.319 e. The van der Waals surface area contributed by atoms with Crippen molar-refractivity contribution in [3.8, 4) is 6.07 Å². The molecule has 0 unspecified atom stereocenters. The van der Waals surface area contributed by atoms with Crippen LogP contribution in [0.25, 0.3) is 11.0 Å². The van der Waals surface area contributed by atoms with Gasteiger partial charge in [0.1, 0.15) is 6.54 Å². The van der Waals surface area contributed by atoms with Gasteiger partial charge in [-0.1, -0.05) is 55.9 Å². The van der Waals surface area contributed by atoms with Crippen LogP contribution in [0.2, 0.25) is 0 Å². The Kier molecular flexibility index (Phi) is 6.72. The number of nitrogens with zero attached hydrogens (tertiary/aromatic N) is 4. The minimum atomic E-state index is -0.0970. The van der Waals surface area contributed by atoms with E-state index in [9.17, 15) is 4.79 Å². The molecule has 3 rings (SSSR count). The van der Waals surface area contributed by atoms with Crippen molar-refractivity contribution in [3.05, 3.63) is 54.6 Å². The maximum absolute atomic E-state index is 12.8. The molecule has 0 radical (unpaired) electrons. The van der Waals surface area contributed by atoms with E-state index in [4.69, 9.17) is 10.2 Å². The highest BCUT2D eigenvalue weighted by Crippen LogP contribution is 2.26. The third kappa shape index (κ3) is 4.73. The molecular formula is C22H24N4OS. The zero-order valence-electron chi connectivity index (χ0n) is 16.2. The standard InChI is InChI=1S/C22H24N4OS/c1-17(2)12-14-26-20-11-7-6-10-19(20)24-22(26)28-16-21(27)25(15-13-23)18-8-4-3-5-9-18/h3-11,17H,12,14-16H2,1-2H3. The van der Waals surface area contributed by atoms with E-state index in [1.54, 1.807) is 0 Å².